The van der Waals surface area contributed by atoms with Crippen LogP contribution in [0.3, 0.4) is 0 Å². The summed E-state index contributed by atoms with van der Waals surface area (Å²) < 4.78 is 43.4. The molecule has 1 aromatic heterocycles. The summed E-state index contributed by atoms with van der Waals surface area (Å²) in [6.45, 7) is 0. The summed E-state index contributed by atoms with van der Waals surface area (Å²) in [5.41, 5.74) is -0.444. The first-order valence-electron chi connectivity index (χ1n) is 6.57. The Balaban J connectivity index is 1.99. The van der Waals surface area contributed by atoms with Gasteiger partial charge in [0.15, 0.2) is 11.5 Å². The molecule has 3 rings (SSSR count). The van der Waals surface area contributed by atoms with Gasteiger partial charge in [0.2, 0.25) is 0 Å². The molecule has 7 heteroatoms. The van der Waals surface area contributed by atoms with E-state index in [1.165, 1.54) is 6.07 Å². The summed E-state index contributed by atoms with van der Waals surface area (Å²) >= 11 is 0. The molecule has 4 nitrogen and oxygen atoms in total. The fraction of sp³-hybridized carbons (Fsp3) is 0.429. The molecule has 0 aliphatic heterocycles. The topological polar surface area (TPSA) is 63.3 Å². The van der Waals surface area contributed by atoms with E-state index in [0.29, 0.717) is 12.8 Å². The van der Waals surface area contributed by atoms with E-state index < -0.39 is 23.6 Å². The first-order chi connectivity index (χ1) is 9.86. The first kappa shape index (κ1) is 13.9. The van der Waals surface area contributed by atoms with E-state index in [4.69, 9.17) is 9.52 Å². The van der Waals surface area contributed by atoms with Crippen molar-refractivity contribution in [2.24, 2.45) is 5.92 Å². The Bertz CT molecular complexity index is 692. The molecule has 0 radical (unpaired) electrons. The van der Waals surface area contributed by atoms with Gasteiger partial charge in [-0.1, -0.05) is 6.42 Å². The van der Waals surface area contributed by atoms with Crippen LogP contribution in [0.5, 0.6) is 0 Å². The number of carboxylic acids is 1. The van der Waals surface area contributed by atoms with Gasteiger partial charge in [0, 0.05) is 5.92 Å². The number of aromatic nitrogens is 1. The number of benzene rings is 1. The summed E-state index contributed by atoms with van der Waals surface area (Å²) in [5, 5.41) is 9.15. The van der Waals surface area contributed by atoms with Crippen LogP contribution in [0, 0.1) is 5.92 Å². The van der Waals surface area contributed by atoms with Gasteiger partial charge in [0.1, 0.15) is 5.52 Å². The predicted molar refractivity (Wildman–Crippen MR) is 66.7 cm³/mol. The molecule has 1 saturated carbocycles. The maximum Gasteiger partial charge on any atom is 0.416 e. The molecule has 2 atom stereocenters. The molecule has 1 aliphatic carbocycles. The average Bonchev–Trinajstić information content (AvgIpc) is 3.02. The molecule has 1 aliphatic rings. The van der Waals surface area contributed by atoms with Crippen LogP contribution in [0.1, 0.15) is 36.6 Å². The van der Waals surface area contributed by atoms with Gasteiger partial charge in [0.25, 0.3) is 0 Å². The molecular formula is C14H12F3NO3. The monoisotopic (exact) mass is 299 g/mol. The number of carbonyl (C=O) groups is 1. The largest absolute Gasteiger partial charge is 0.481 e. The second-order valence-electron chi connectivity index (χ2n) is 5.21. The van der Waals surface area contributed by atoms with Crippen LogP contribution in [0.15, 0.2) is 22.6 Å². The molecule has 21 heavy (non-hydrogen) atoms. The van der Waals surface area contributed by atoms with Crippen LogP contribution < -0.4 is 0 Å². The van der Waals surface area contributed by atoms with E-state index in [-0.39, 0.29) is 22.9 Å². The van der Waals surface area contributed by atoms with Gasteiger partial charge in [-0.05, 0) is 31.0 Å². The van der Waals surface area contributed by atoms with E-state index in [9.17, 15) is 18.0 Å². The van der Waals surface area contributed by atoms with Gasteiger partial charge in [0.05, 0.1) is 11.5 Å². The lowest BCUT2D eigenvalue weighted by molar-refractivity contribution is -0.142. The fourth-order valence-electron chi connectivity index (χ4n) is 2.83. The molecule has 0 bridgehead atoms. The number of hydrogen-bond acceptors (Lipinski definition) is 3. The van der Waals surface area contributed by atoms with Crippen molar-refractivity contribution in [2.45, 2.75) is 31.4 Å². The minimum atomic E-state index is -4.44. The zero-order valence-corrected chi connectivity index (χ0v) is 10.9. The zero-order chi connectivity index (χ0) is 15.2. The lowest BCUT2D eigenvalue weighted by atomic mass is 9.96. The number of carboxylic acid groups (broad SMARTS) is 1. The SMILES string of the molecule is O=C(O)C1CCCC1c1nc2cc(C(F)(F)F)ccc2o1. The molecule has 1 fully saturated rings. The molecule has 112 valence electrons. The number of rotatable bonds is 2. The number of oxazole rings is 1. The standard InChI is InChI=1S/C14H12F3NO3/c15-14(16,17)7-4-5-11-10(6-7)18-12(21-11)8-2-1-3-9(8)13(19)20/h4-6,8-9H,1-3H2,(H,19,20). The highest BCUT2D eigenvalue weighted by Crippen LogP contribution is 2.40. The number of alkyl halides is 3. The Kier molecular flexibility index (Phi) is 3.15. The predicted octanol–water partition coefficient (Wildman–Crippen LogP) is 3.81. The van der Waals surface area contributed by atoms with Crippen LogP contribution in [0.4, 0.5) is 13.2 Å². The van der Waals surface area contributed by atoms with Gasteiger partial charge in [-0.25, -0.2) is 4.98 Å². The van der Waals surface area contributed by atoms with Crippen LogP contribution in [-0.2, 0) is 11.0 Å². The number of halogens is 3. The van der Waals surface area contributed by atoms with Crippen molar-refractivity contribution in [3.8, 4) is 0 Å². The van der Waals surface area contributed by atoms with Gasteiger partial charge in [-0.3, -0.25) is 4.79 Å². The van der Waals surface area contributed by atoms with E-state index >= 15 is 0 Å². The zero-order valence-electron chi connectivity index (χ0n) is 10.9. The summed E-state index contributed by atoms with van der Waals surface area (Å²) in [4.78, 5) is 15.2. The summed E-state index contributed by atoms with van der Waals surface area (Å²) in [5.74, 6) is -1.66. The van der Waals surface area contributed by atoms with E-state index in [1.807, 2.05) is 0 Å². The molecule has 2 aromatic rings. The smallest absolute Gasteiger partial charge is 0.416 e. The summed E-state index contributed by atoms with van der Waals surface area (Å²) in [6, 6.07) is 3.08. The van der Waals surface area contributed by atoms with E-state index in [1.54, 1.807) is 0 Å². The van der Waals surface area contributed by atoms with E-state index in [2.05, 4.69) is 4.98 Å². The highest BCUT2D eigenvalue weighted by Gasteiger charge is 2.37. The normalized spacial score (nSPS) is 22.8. The average molecular weight is 299 g/mol. The van der Waals surface area contributed by atoms with Crippen LogP contribution in [-0.4, -0.2) is 16.1 Å². The first-order valence-corrected chi connectivity index (χ1v) is 6.57. The van der Waals surface area contributed by atoms with Crippen molar-refractivity contribution < 1.29 is 27.5 Å². The van der Waals surface area contributed by atoms with Gasteiger partial charge < -0.3 is 9.52 Å². The minimum absolute atomic E-state index is 0.107. The molecule has 1 aromatic carbocycles. The second kappa shape index (κ2) is 4.75. The third-order valence-corrected chi connectivity index (χ3v) is 3.88. The lowest BCUT2D eigenvalue weighted by Gasteiger charge is -2.10. The van der Waals surface area contributed by atoms with Crippen molar-refractivity contribution in [1.82, 2.24) is 4.98 Å². The number of aliphatic carboxylic acids is 1. The second-order valence-corrected chi connectivity index (χ2v) is 5.21. The number of nitrogens with zero attached hydrogens (tertiary/aromatic N) is 1. The highest BCUT2D eigenvalue weighted by molar-refractivity contribution is 5.75. The third-order valence-electron chi connectivity index (χ3n) is 3.88. The van der Waals surface area contributed by atoms with Gasteiger partial charge in [-0.2, -0.15) is 13.2 Å². The van der Waals surface area contributed by atoms with Gasteiger partial charge in [-0.15, -0.1) is 0 Å². The van der Waals surface area contributed by atoms with Gasteiger partial charge >= 0.3 is 12.1 Å². The van der Waals surface area contributed by atoms with Crippen LogP contribution in [0.25, 0.3) is 11.1 Å². The van der Waals surface area contributed by atoms with Crippen LogP contribution in [0.2, 0.25) is 0 Å². The van der Waals surface area contributed by atoms with Crippen molar-refractivity contribution in [3.05, 3.63) is 29.7 Å². The number of hydrogen-bond donors (Lipinski definition) is 1. The fourth-order valence-corrected chi connectivity index (χ4v) is 2.83. The molecule has 0 amide bonds. The maximum atomic E-state index is 12.7. The van der Waals surface area contributed by atoms with Crippen molar-refractivity contribution >= 4 is 17.1 Å². The molecular weight excluding hydrogens is 287 g/mol. The quantitative estimate of drug-likeness (QED) is 0.915. The molecule has 0 spiro atoms. The Hall–Kier alpha value is -2.05. The Morgan fingerprint density at radius 3 is 2.76 bits per heavy atom. The number of fused-ring (bicyclic) bond motifs is 1. The van der Waals surface area contributed by atoms with Crippen molar-refractivity contribution in [1.29, 1.82) is 0 Å². The Morgan fingerprint density at radius 1 is 1.33 bits per heavy atom. The molecule has 2 unspecified atom stereocenters. The summed E-state index contributed by atoms with van der Waals surface area (Å²) in [6.07, 6.45) is -2.54. The molecule has 0 saturated heterocycles. The molecule has 1 heterocycles. The van der Waals surface area contributed by atoms with Crippen molar-refractivity contribution in [3.63, 3.8) is 0 Å². The van der Waals surface area contributed by atoms with Crippen molar-refractivity contribution in [2.75, 3.05) is 0 Å². The summed E-state index contributed by atoms with van der Waals surface area (Å²) in [7, 11) is 0. The van der Waals surface area contributed by atoms with E-state index in [0.717, 1.165) is 18.6 Å². The third kappa shape index (κ3) is 2.48. The highest BCUT2D eigenvalue weighted by atomic mass is 19.4. The maximum absolute atomic E-state index is 12.7. The minimum Gasteiger partial charge on any atom is -0.481 e. The lowest BCUT2D eigenvalue weighted by Crippen LogP contribution is -2.16. The van der Waals surface area contributed by atoms with Crippen LogP contribution >= 0.6 is 0 Å². The Labute approximate surface area is 117 Å². The Morgan fingerprint density at radius 2 is 2.10 bits per heavy atom. The molecule has 1 N–H and O–H groups in total.